The molecule has 5 heteroatoms. The van der Waals surface area contributed by atoms with Crippen LogP contribution in [0.15, 0.2) is 0 Å². The van der Waals surface area contributed by atoms with Gasteiger partial charge in [0.05, 0.1) is 12.6 Å². The van der Waals surface area contributed by atoms with Crippen molar-refractivity contribution in [3.63, 3.8) is 0 Å². The third kappa shape index (κ3) is 1.64. The molecule has 5 nitrogen and oxygen atoms in total. The zero-order chi connectivity index (χ0) is 9.97. The summed E-state index contributed by atoms with van der Waals surface area (Å²) in [5.74, 6) is 1.52. The van der Waals surface area contributed by atoms with Gasteiger partial charge < -0.3 is 5.73 Å². The molecule has 0 spiro atoms. The summed E-state index contributed by atoms with van der Waals surface area (Å²) in [6.07, 6.45) is 5.28. The van der Waals surface area contributed by atoms with Gasteiger partial charge in [-0.15, -0.1) is 5.10 Å². The van der Waals surface area contributed by atoms with Crippen LogP contribution in [0.3, 0.4) is 0 Å². The number of hydrogen-bond acceptors (Lipinski definition) is 4. The molecule has 1 fully saturated rings. The van der Waals surface area contributed by atoms with Crippen molar-refractivity contribution in [1.29, 1.82) is 0 Å². The van der Waals surface area contributed by atoms with Crippen LogP contribution in [0.25, 0.3) is 0 Å². The topological polar surface area (TPSA) is 69.6 Å². The molecule has 1 unspecified atom stereocenters. The monoisotopic (exact) mass is 195 g/mol. The molecule has 1 aliphatic rings. The van der Waals surface area contributed by atoms with Gasteiger partial charge >= 0.3 is 0 Å². The van der Waals surface area contributed by atoms with Crippen molar-refractivity contribution in [1.82, 2.24) is 20.2 Å². The highest BCUT2D eigenvalue weighted by Gasteiger charge is 2.25. The molecule has 0 bridgehead atoms. The van der Waals surface area contributed by atoms with E-state index >= 15 is 0 Å². The lowest BCUT2D eigenvalue weighted by Crippen LogP contribution is -2.19. The molecular weight excluding hydrogens is 178 g/mol. The number of tetrazole rings is 1. The molecule has 2 N–H and O–H groups in total. The summed E-state index contributed by atoms with van der Waals surface area (Å²) in [6, 6.07) is 0.394. The molecule has 0 aromatic carbocycles. The first-order valence-electron chi connectivity index (χ1n) is 5.29. The molecule has 14 heavy (non-hydrogen) atoms. The van der Waals surface area contributed by atoms with Crippen LogP contribution in [0.5, 0.6) is 0 Å². The largest absolute Gasteiger partial charge is 0.324 e. The Morgan fingerprint density at radius 3 is 2.86 bits per heavy atom. The van der Waals surface area contributed by atoms with Crippen LogP contribution < -0.4 is 5.73 Å². The van der Waals surface area contributed by atoms with E-state index in [-0.39, 0.29) is 0 Å². The van der Waals surface area contributed by atoms with E-state index in [0.717, 1.165) is 11.7 Å². The number of nitrogens with two attached hydrogens (primary N) is 1. The second-order valence-corrected chi connectivity index (χ2v) is 4.03. The van der Waals surface area contributed by atoms with E-state index in [1.807, 2.05) is 4.68 Å². The Balaban J connectivity index is 2.12. The van der Waals surface area contributed by atoms with Crippen molar-refractivity contribution in [3.05, 3.63) is 5.82 Å². The van der Waals surface area contributed by atoms with E-state index in [2.05, 4.69) is 22.4 Å². The van der Waals surface area contributed by atoms with Crippen LogP contribution >= 0.6 is 0 Å². The summed E-state index contributed by atoms with van der Waals surface area (Å²) >= 11 is 0. The number of rotatable bonds is 3. The Kier molecular flexibility index (Phi) is 2.77. The molecule has 1 heterocycles. The lowest BCUT2D eigenvalue weighted by atomic mass is 10.00. The fourth-order valence-corrected chi connectivity index (χ4v) is 2.30. The molecule has 1 aromatic heterocycles. The highest BCUT2D eigenvalue weighted by atomic mass is 15.6. The average Bonchev–Trinajstić information content (AvgIpc) is 2.87. The predicted molar refractivity (Wildman–Crippen MR) is 52.4 cm³/mol. The van der Waals surface area contributed by atoms with Crippen molar-refractivity contribution in [2.24, 2.45) is 11.7 Å². The fourth-order valence-electron chi connectivity index (χ4n) is 2.30. The summed E-state index contributed by atoms with van der Waals surface area (Å²) in [7, 11) is 0. The van der Waals surface area contributed by atoms with Crippen molar-refractivity contribution in [2.75, 3.05) is 0 Å². The van der Waals surface area contributed by atoms with Gasteiger partial charge in [-0.1, -0.05) is 12.8 Å². The lowest BCUT2D eigenvalue weighted by molar-refractivity contribution is 0.321. The standard InChI is InChI=1S/C9H17N5/c1-7(8-4-2-3-5-8)14-9(6-10)11-12-13-14/h7-8H,2-6,10H2,1H3. The molecular formula is C9H17N5. The van der Waals surface area contributed by atoms with Crippen molar-refractivity contribution >= 4 is 0 Å². The minimum atomic E-state index is 0.394. The Labute approximate surface area is 83.7 Å². The van der Waals surface area contributed by atoms with Gasteiger partial charge in [-0.2, -0.15) is 0 Å². The normalized spacial score (nSPS) is 20.1. The maximum atomic E-state index is 5.57. The van der Waals surface area contributed by atoms with Crippen LogP contribution in [0, 0.1) is 5.92 Å². The maximum Gasteiger partial charge on any atom is 0.165 e. The summed E-state index contributed by atoms with van der Waals surface area (Å²) in [6.45, 7) is 2.61. The van der Waals surface area contributed by atoms with E-state index in [9.17, 15) is 0 Å². The first-order chi connectivity index (χ1) is 6.83. The van der Waals surface area contributed by atoms with E-state index in [4.69, 9.17) is 5.73 Å². The van der Waals surface area contributed by atoms with Crippen molar-refractivity contribution in [2.45, 2.75) is 45.2 Å². The molecule has 0 saturated heterocycles. The fraction of sp³-hybridized carbons (Fsp3) is 0.889. The van der Waals surface area contributed by atoms with Crippen LogP contribution in [-0.4, -0.2) is 20.2 Å². The predicted octanol–water partition coefficient (Wildman–Crippen LogP) is 0.883. The molecule has 0 amide bonds. The van der Waals surface area contributed by atoms with Gasteiger partial charge in [0.2, 0.25) is 0 Å². The summed E-state index contributed by atoms with van der Waals surface area (Å²) in [5.41, 5.74) is 5.57. The van der Waals surface area contributed by atoms with Gasteiger partial charge in [-0.3, -0.25) is 0 Å². The highest BCUT2D eigenvalue weighted by Crippen LogP contribution is 2.33. The molecule has 0 aliphatic heterocycles. The lowest BCUT2D eigenvalue weighted by Gasteiger charge is -2.19. The summed E-state index contributed by atoms with van der Waals surface area (Å²) in [4.78, 5) is 0. The van der Waals surface area contributed by atoms with Gasteiger partial charge in [0.1, 0.15) is 0 Å². The molecule has 1 aliphatic carbocycles. The SMILES string of the molecule is CC(C1CCCC1)n1nnnc1CN. The van der Waals surface area contributed by atoms with Crippen LogP contribution in [0.2, 0.25) is 0 Å². The number of nitrogens with zero attached hydrogens (tertiary/aromatic N) is 4. The Hall–Kier alpha value is -0.970. The van der Waals surface area contributed by atoms with E-state index in [0.29, 0.717) is 12.6 Å². The molecule has 1 saturated carbocycles. The Morgan fingerprint density at radius 2 is 2.21 bits per heavy atom. The first kappa shape index (κ1) is 9.58. The second kappa shape index (κ2) is 4.04. The number of aromatic nitrogens is 4. The van der Waals surface area contributed by atoms with E-state index in [1.54, 1.807) is 0 Å². The van der Waals surface area contributed by atoms with E-state index in [1.165, 1.54) is 25.7 Å². The van der Waals surface area contributed by atoms with Crippen LogP contribution in [0.1, 0.15) is 44.5 Å². The third-order valence-corrected chi connectivity index (χ3v) is 3.21. The quantitative estimate of drug-likeness (QED) is 0.777. The zero-order valence-electron chi connectivity index (χ0n) is 8.56. The van der Waals surface area contributed by atoms with E-state index < -0.39 is 0 Å². The minimum absolute atomic E-state index is 0.394. The highest BCUT2D eigenvalue weighted by molar-refractivity contribution is 4.85. The minimum Gasteiger partial charge on any atom is -0.324 e. The Morgan fingerprint density at radius 1 is 1.50 bits per heavy atom. The van der Waals surface area contributed by atoms with Gasteiger partial charge in [-0.25, -0.2) is 4.68 Å². The first-order valence-corrected chi connectivity index (χ1v) is 5.29. The molecule has 1 atom stereocenters. The molecule has 2 rings (SSSR count). The van der Waals surface area contributed by atoms with Gasteiger partial charge in [-0.05, 0) is 36.1 Å². The van der Waals surface area contributed by atoms with Crippen molar-refractivity contribution < 1.29 is 0 Å². The zero-order valence-corrected chi connectivity index (χ0v) is 8.56. The van der Waals surface area contributed by atoms with Gasteiger partial charge in [0.15, 0.2) is 5.82 Å². The third-order valence-electron chi connectivity index (χ3n) is 3.21. The summed E-state index contributed by atoms with van der Waals surface area (Å²) in [5, 5.41) is 11.6. The van der Waals surface area contributed by atoms with Gasteiger partial charge in [0, 0.05) is 0 Å². The van der Waals surface area contributed by atoms with Gasteiger partial charge in [0.25, 0.3) is 0 Å². The number of hydrogen-bond donors (Lipinski definition) is 1. The smallest absolute Gasteiger partial charge is 0.165 e. The van der Waals surface area contributed by atoms with Crippen LogP contribution in [-0.2, 0) is 6.54 Å². The molecule has 0 radical (unpaired) electrons. The molecule has 1 aromatic rings. The second-order valence-electron chi connectivity index (χ2n) is 4.03. The maximum absolute atomic E-state index is 5.57. The average molecular weight is 195 g/mol. The van der Waals surface area contributed by atoms with Crippen LogP contribution in [0.4, 0.5) is 0 Å². The summed E-state index contributed by atoms with van der Waals surface area (Å²) < 4.78 is 1.88. The molecule has 78 valence electrons. The Bertz CT molecular complexity index is 289. The van der Waals surface area contributed by atoms with Crippen molar-refractivity contribution in [3.8, 4) is 0 Å².